The topological polar surface area (TPSA) is 92.2 Å². The van der Waals surface area contributed by atoms with Gasteiger partial charge in [0.05, 0.1) is 23.9 Å². The molecule has 1 fully saturated rings. The third-order valence-corrected chi connectivity index (χ3v) is 4.65. The van der Waals surface area contributed by atoms with Gasteiger partial charge in [-0.15, -0.1) is 5.10 Å². The Morgan fingerprint density at radius 2 is 2.23 bits per heavy atom. The molecule has 0 unspecified atom stereocenters. The van der Waals surface area contributed by atoms with Gasteiger partial charge in [-0.05, 0) is 43.7 Å². The molecule has 5 rings (SSSR count). The van der Waals surface area contributed by atoms with Crippen molar-refractivity contribution in [1.29, 1.82) is 0 Å². The Kier molecular flexibility index (Phi) is 3.49. The molecule has 3 aromatic heterocycles. The number of nitrogens with zero attached hydrogens (tertiary/aromatic N) is 4. The van der Waals surface area contributed by atoms with Crippen LogP contribution in [0.3, 0.4) is 0 Å². The molecule has 1 atom stereocenters. The number of hydrogen-bond acceptors (Lipinski definition) is 6. The molecular formula is C18H19N7O. The molecule has 0 amide bonds. The second-order valence-electron chi connectivity index (χ2n) is 6.52. The van der Waals surface area contributed by atoms with Crippen LogP contribution in [0.15, 0.2) is 36.4 Å². The SMILES string of the molecule is Cc1n[nH]c2cc(Nc3nc4cccc(N[C@@H]5CCOC5)n4n3)ccc12. The molecule has 1 aromatic carbocycles. The van der Waals surface area contributed by atoms with Gasteiger partial charge in [0.1, 0.15) is 5.82 Å². The number of ether oxygens (including phenoxy) is 1. The van der Waals surface area contributed by atoms with Gasteiger partial charge in [0.2, 0.25) is 5.95 Å². The van der Waals surface area contributed by atoms with E-state index in [1.165, 1.54) is 0 Å². The average molecular weight is 349 g/mol. The zero-order chi connectivity index (χ0) is 17.5. The van der Waals surface area contributed by atoms with Crippen LogP contribution in [0.25, 0.3) is 16.6 Å². The predicted octanol–water partition coefficient (Wildman–Crippen LogP) is 2.86. The number of anilines is 3. The lowest BCUT2D eigenvalue weighted by molar-refractivity contribution is 0.195. The van der Waals surface area contributed by atoms with Crippen molar-refractivity contribution in [1.82, 2.24) is 24.8 Å². The summed E-state index contributed by atoms with van der Waals surface area (Å²) < 4.78 is 7.25. The molecule has 1 aliphatic rings. The van der Waals surface area contributed by atoms with Crippen LogP contribution in [0.5, 0.6) is 0 Å². The van der Waals surface area contributed by atoms with Crippen LogP contribution < -0.4 is 10.6 Å². The van der Waals surface area contributed by atoms with Crippen LogP contribution in [-0.4, -0.2) is 44.1 Å². The van der Waals surface area contributed by atoms with Gasteiger partial charge in [0, 0.05) is 17.7 Å². The standard InChI is InChI=1S/C18H19N7O/c1-11-14-6-5-12(9-15(14)23-22-11)20-18-21-17-4-2-3-16(25(17)24-18)19-13-7-8-26-10-13/h2-6,9,13,19H,7-8,10H2,1H3,(H,20,24)(H,22,23)/t13-/m1/s1. The Morgan fingerprint density at radius 3 is 3.12 bits per heavy atom. The first-order chi connectivity index (χ1) is 12.8. The average Bonchev–Trinajstić information content (AvgIpc) is 3.36. The molecule has 8 heteroatoms. The number of H-pyrrole nitrogens is 1. The molecule has 0 spiro atoms. The normalized spacial score (nSPS) is 17.2. The summed E-state index contributed by atoms with van der Waals surface area (Å²) in [6.07, 6.45) is 1.000. The molecular weight excluding hydrogens is 330 g/mol. The summed E-state index contributed by atoms with van der Waals surface area (Å²) in [4.78, 5) is 4.57. The first-order valence-corrected chi connectivity index (χ1v) is 8.68. The van der Waals surface area contributed by atoms with E-state index in [4.69, 9.17) is 4.74 Å². The van der Waals surface area contributed by atoms with Crippen LogP contribution in [0, 0.1) is 6.92 Å². The Morgan fingerprint density at radius 1 is 1.27 bits per heavy atom. The van der Waals surface area contributed by atoms with E-state index in [1.54, 1.807) is 0 Å². The molecule has 132 valence electrons. The van der Waals surface area contributed by atoms with Gasteiger partial charge in [-0.1, -0.05) is 6.07 Å². The highest BCUT2D eigenvalue weighted by Crippen LogP contribution is 2.23. The fourth-order valence-electron chi connectivity index (χ4n) is 3.29. The molecule has 4 heterocycles. The fraction of sp³-hybridized carbons (Fsp3) is 0.278. The molecule has 8 nitrogen and oxygen atoms in total. The van der Waals surface area contributed by atoms with E-state index in [0.29, 0.717) is 12.0 Å². The summed E-state index contributed by atoms with van der Waals surface area (Å²) in [7, 11) is 0. The molecule has 0 radical (unpaired) electrons. The fourth-order valence-corrected chi connectivity index (χ4v) is 3.29. The number of hydrogen-bond donors (Lipinski definition) is 3. The Balaban J connectivity index is 1.44. The quantitative estimate of drug-likeness (QED) is 0.525. The first kappa shape index (κ1) is 15.2. The summed E-state index contributed by atoms with van der Waals surface area (Å²) in [6, 6.07) is 12.3. The second-order valence-corrected chi connectivity index (χ2v) is 6.52. The largest absolute Gasteiger partial charge is 0.379 e. The van der Waals surface area contributed by atoms with Crippen molar-refractivity contribution in [2.45, 2.75) is 19.4 Å². The van der Waals surface area contributed by atoms with E-state index in [-0.39, 0.29) is 0 Å². The number of aromatic nitrogens is 5. The van der Waals surface area contributed by atoms with Gasteiger partial charge >= 0.3 is 0 Å². The number of aromatic amines is 1. The minimum atomic E-state index is 0.312. The maximum Gasteiger partial charge on any atom is 0.247 e. The molecule has 0 saturated carbocycles. The lowest BCUT2D eigenvalue weighted by atomic mass is 10.2. The van der Waals surface area contributed by atoms with Crippen molar-refractivity contribution in [2.75, 3.05) is 23.8 Å². The zero-order valence-corrected chi connectivity index (χ0v) is 14.4. The second kappa shape index (κ2) is 5.99. The number of fused-ring (bicyclic) bond motifs is 2. The first-order valence-electron chi connectivity index (χ1n) is 8.68. The maximum atomic E-state index is 5.43. The monoisotopic (exact) mass is 349 g/mol. The van der Waals surface area contributed by atoms with E-state index in [2.05, 4.69) is 30.9 Å². The van der Waals surface area contributed by atoms with Gasteiger partial charge in [-0.2, -0.15) is 14.6 Å². The van der Waals surface area contributed by atoms with Gasteiger partial charge < -0.3 is 15.4 Å². The van der Waals surface area contributed by atoms with Gasteiger partial charge in [0.15, 0.2) is 5.65 Å². The van der Waals surface area contributed by atoms with Crippen LogP contribution in [-0.2, 0) is 4.74 Å². The van der Waals surface area contributed by atoms with Gasteiger partial charge in [0.25, 0.3) is 0 Å². The number of benzene rings is 1. The van der Waals surface area contributed by atoms with Crippen LogP contribution in [0.1, 0.15) is 12.1 Å². The zero-order valence-electron chi connectivity index (χ0n) is 14.4. The summed E-state index contributed by atoms with van der Waals surface area (Å²) in [5.41, 5.74) is 3.68. The number of aryl methyl sites for hydroxylation is 1. The molecule has 1 saturated heterocycles. The lowest BCUT2D eigenvalue weighted by Crippen LogP contribution is -2.20. The highest BCUT2D eigenvalue weighted by atomic mass is 16.5. The van der Waals surface area contributed by atoms with Crippen molar-refractivity contribution in [3.05, 3.63) is 42.1 Å². The van der Waals surface area contributed by atoms with Crippen molar-refractivity contribution in [3.8, 4) is 0 Å². The third kappa shape index (κ3) is 2.64. The van der Waals surface area contributed by atoms with E-state index in [1.807, 2.05) is 47.8 Å². The van der Waals surface area contributed by atoms with Crippen LogP contribution in [0.4, 0.5) is 17.5 Å². The maximum absolute atomic E-state index is 5.43. The van der Waals surface area contributed by atoms with Crippen molar-refractivity contribution in [2.24, 2.45) is 0 Å². The molecule has 4 aromatic rings. The molecule has 26 heavy (non-hydrogen) atoms. The number of nitrogens with one attached hydrogen (secondary N) is 3. The van der Waals surface area contributed by atoms with Crippen molar-refractivity contribution in [3.63, 3.8) is 0 Å². The number of rotatable bonds is 4. The summed E-state index contributed by atoms with van der Waals surface area (Å²) >= 11 is 0. The summed E-state index contributed by atoms with van der Waals surface area (Å²) in [6.45, 7) is 3.51. The molecule has 0 aliphatic carbocycles. The summed E-state index contributed by atoms with van der Waals surface area (Å²) in [5, 5.41) is 19.7. The summed E-state index contributed by atoms with van der Waals surface area (Å²) in [5.74, 6) is 1.47. The predicted molar refractivity (Wildman–Crippen MR) is 99.9 cm³/mol. The van der Waals surface area contributed by atoms with Gasteiger partial charge in [-0.3, -0.25) is 5.10 Å². The highest BCUT2D eigenvalue weighted by Gasteiger charge is 2.17. The van der Waals surface area contributed by atoms with E-state index >= 15 is 0 Å². The van der Waals surface area contributed by atoms with Gasteiger partial charge in [-0.25, -0.2) is 0 Å². The molecule has 3 N–H and O–H groups in total. The minimum Gasteiger partial charge on any atom is -0.379 e. The number of pyridine rings is 1. The smallest absolute Gasteiger partial charge is 0.247 e. The highest BCUT2D eigenvalue weighted by molar-refractivity contribution is 5.85. The lowest BCUT2D eigenvalue weighted by Gasteiger charge is -2.12. The van der Waals surface area contributed by atoms with Crippen molar-refractivity contribution >= 4 is 34.0 Å². The van der Waals surface area contributed by atoms with E-state index in [0.717, 1.165) is 53.4 Å². The molecule has 1 aliphatic heterocycles. The van der Waals surface area contributed by atoms with Crippen molar-refractivity contribution < 1.29 is 4.74 Å². The van der Waals surface area contributed by atoms with Crippen LogP contribution >= 0.6 is 0 Å². The van der Waals surface area contributed by atoms with Crippen LogP contribution in [0.2, 0.25) is 0 Å². The van der Waals surface area contributed by atoms with E-state index < -0.39 is 0 Å². The Bertz CT molecular complexity index is 1080. The Labute approximate surface area is 149 Å². The Hall–Kier alpha value is -3.13. The van der Waals surface area contributed by atoms with E-state index in [9.17, 15) is 0 Å². The third-order valence-electron chi connectivity index (χ3n) is 4.65. The molecule has 0 bridgehead atoms. The minimum absolute atomic E-state index is 0.312.